The molecule has 0 atom stereocenters. The van der Waals surface area contributed by atoms with E-state index in [-0.39, 0.29) is 10.6 Å². The lowest BCUT2D eigenvalue weighted by molar-refractivity contribution is 0.199. The molecule has 0 aliphatic heterocycles. The lowest BCUT2D eigenvalue weighted by Crippen LogP contribution is -2.22. The molecule has 0 unspecified atom stereocenters. The van der Waals surface area contributed by atoms with Crippen LogP contribution >= 0.6 is 0 Å². The van der Waals surface area contributed by atoms with Crippen molar-refractivity contribution in [2.24, 2.45) is 0 Å². The van der Waals surface area contributed by atoms with E-state index >= 15 is 0 Å². The molecule has 4 nitrogen and oxygen atoms in total. The van der Waals surface area contributed by atoms with Crippen LogP contribution in [-0.2, 0) is 14.6 Å². The summed E-state index contributed by atoms with van der Waals surface area (Å²) in [5.74, 6) is -2.32. The fraction of sp³-hybridized carbons (Fsp3) is 0.500. The van der Waals surface area contributed by atoms with E-state index < -0.39 is 21.5 Å². The Labute approximate surface area is 111 Å². The molecular weight excluding hydrogens is 276 g/mol. The summed E-state index contributed by atoms with van der Waals surface area (Å²) in [5, 5.41) is 3.01. The number of methoxy groups -OCH3 is 1. The number of rotatable bonds is 8. The molecule has 0 aliphatic carbocycles. The van der Waals surface area contributed by atoms with Gasteiger partial charge in [0, 0.05) is 13.7 Å². The van der Waals surface area contributed by atoms with E-state index in [4.69, 9.17) is 4.74 Å². The van der Waals surface area contributed by atoms with Gasteiger partial charge in [-0.3, -0.25) is 0 Å². The minimum absolute atomic E-state index is 0.113. The van der Waals surface area contributed by atoms with Crippen molar-refractivity contribution in [2.75, 3.05) is 32.6 Å². The molecule has 0 amide bonds. The number of nitrogens with one attached hydrogen (secondary N) is 1. The van der Waals surface area contributed by atoms with Crippen molar-refractivity contribution < 1.29 is 21.9 Å². The molecule has 7 heteroatoms. The Balaban J connectivity index is 2.49. The monoisotopic (exact) mass is 293 g/mol. The van der Waals surface area contributed by atoms with Gasteiger partial charge in [-0.2, -0.15) is 0 Å². The Morgan fingerprint density at radius 3 is 2.58 bits per heavy atom. The van der Waals surface area contributed by atoms with Crippen LogP contribution in [-0.4, -0.2) is 41.0 Å². The van der Waals surface area contributed by atoms with Gasteiger partial charge < -0.3 is 10.1 Å². The average molecular weight is 293 g/mol. The first kappa shape index (κ1) is 16.0. The summed E-state index contributed by atoms with van der Waals surface area (Å²) in [5.41, 5.74) is 0. The molecule has 0 spiro atoms. The van der Waals surface area contributed by atoms with E-state index in [1.807, 2.05) is 0 Å². The SMILES string of the molecule is COCCNCCCS(=O)(=O)c1ccc(F)c(F)c1. The number of hydrogen-bond donors (Lipinski definition) is 1. The first-order chi connectivity index (χ1) is 8.97. The second kappa shape index (κ2) is 7.52. The molecule has 0 saturated carbocycles. The molecule has 0 fully saturated rings. The van der Waals surface area contributed by atoms with Crippen molar-refractivity contribution in [1.82, 2.24) is 5.32 Å². The maximum Gasteiger partial charge on any atom is 0.178 e. The number of sulfone groups is 1. The Hall–Kier alpha value is -1.05. The smallest absolute Gasteiger partial charge is 0.178 e. The van der Waals surface area contributed by atoms with Crippen LogP contribution in [0.25, 0.3) is 0 Å². The second-order valence-electron chi connectivity index (χ2n) is 3.99. The molecule has 1 rings (SSSR count). The quantitative estimate of drug-likeness (QED) is 0.581. The zero-order chi connectivity index (χ0) is 14.3. The predicted octanol–water partition coefficient (Wildman–Crippen LogP) is 1.36. The van der Waals surface area contributed by atoms with E-state index in [0.717, 1.165) is 12.1 Å². The van der Waals surface area contributed by atoms with Gasteiger partial charge in [-0.1, -0.05) is 0 Å². The molecular formula is C12H17F2NO3S. The normalized spacial score (nSPS) is 11.7. The van der Waals surface area contributed by atoms with Crippen molar-refractivity contribution in [3.63, 3.8) is 0 Å². The predicted molar refractivity (Wildman–Crippen MR) is 67.8 cm³/mol. The van der Waals surface area contributed by atoms with Crippen molar-refractivity contribution >= 4 is 9.84 Å². The molecule has 1 N–H and O–H groups in total. The van der Waals surface area contributed by atoms with E-state index in [1.54, 1.807) is 7.11 Å². The standard InChI is InChI=1S/C12H17F2NO3S/c1-18-7-6-15-5-2-8-19(16,17)10-3-4-11(13)12(14)9-10/h3-4,9,15H,2,5-8H2,1H3. The highest BCUT2D eigenvalue weighted by atomic mass is 32.2. The lowest BCUT2D eigenvalue weighted by atomic mass is 10.3. The fourth-order valence-electron chi connectivity index (χ4n) is 1.47. The van der Waals surface area contributed by atoms with Crippen LogP contribution < -0.4 is 5.32 Å². The maximum atomic E-state index is 13.0. The molecule has 108 valence electrons. The first-order valence-corrected chi connectivity index (χ1v) is 7.50. The molecule has 0 saturated heterocycles. The van der Waals surface area contributed by atoms with Gasteiger partial charge in [-0.25, -0.2) is 17.2 Å². The van der Waals surface area contributed by atoms with Gasteiger partial charge in [-0.15, -0.1) is 0 Å². The molecule has 0 radical (unpaired) electrons. The number of halogens is 2. The van der Waals surface area contributed by atoms with Crippen LogP contribution in [0.4, 0.5) is 8.78 Å². The molecule has 1 aromatic rings. The summed E-state index contributed by atoms with van der Waals surface area (Å²) in [6, 6.07) is 2.61. The third-order valence-corrected chi connectivity index (χ3v) is 4.30. The Morgan fingerprint density at radius 1 is 1.21 bits per heavy atom. The highest BCUT2D eigenvalue weighted by molar-refractivity contribution is 7.91. The van der Waals surface area contributed by atoms with Gasteiger partial charge in [0.15, 0.2) is 21.5 Å². The van der Waals surface area contributed by atoms with Gasteiger partial charge in [-0.05, 0) is 31.2 Å². The highest BCUT2D eigenvalue weighted by Gasteiger charge is 2.16. The van der Waals surface area contributed by atoms with Crippen LogP contribution in [0.3, 0.4) is 0 Å². The molecule has 0 bridgehead atoms. The zero-order valence-electron chi connectivity index (χ0n) is 10.7. The van der Waals surface area contributed by atoms with Crippen molar-refractivity contribution in [3.05, 3.63) is 29.8 Å². The molecule has 1 aromatic carbocycles. The average Bonchev–Trinajstić information content (AvgIpc) is 2.36. The molecule has 0 heterocycles. The number of ether oxygens (including phenoxy) is 1. The molecule has 19 heavy (non-hydrogen) atoms. The van der Waals surface area contributed by atoms with Gasteiger partial charge in [0.1, 0.15) is 0 Å². The summed E-state index contributed by atoms with van der Waals surface area (Å²) in [4.78, 5) is -0.191. The topological polar surface area (TPSA) is 55.4 Å². The Kier molecular flexibility index (Phi) is 6.33. The third kappa shape index (κ3) is 5.22. The molecule has 0 aromatic heterocycles. The first-order valence-electron chi connectivity index (χ1n) is 5.85. The van der Waals surface area contributed by atoms with Gasteiger partial charge >= 0.3 is 0 Å². The fourth-order valence-corrected chi connectivity index (χ4v) is 2.79. The maximum absolute atomic E-state index is 13.0. The van der Waals surface area contributed by atoms with Crippen LogP contribution in [0.1, 0.15) is 6.42 Å². The van der Waals surface area contributed by atoms with E-state index in [0.29, 0.717) is 32.2 Å². The largest absolute Gasteiger partial charge is 0.383 e. The number of benzene rings is 1. The highest BCUT2D eigenvalue weighted by Crippen LogP contribution is 2.15. The van der Waals surface area contributed by atoms with Crippen LogP contribution in [0.2, 0.25) is 0 Å². The van der Waals surface area contributed by atoms with Crippen LogP contribution in [0.15, 0.2) is 23.1 Å². The van der Waals surface area contributed by atoms with Crippen LogP contribution in [0, 0.1) is 11.6 Å². The second-order valence-corrected chi connectivity index (χ2v) is 6.10. The van der Waals surface area contributed by atoms with Crippen molar-refractivity contribution in [3.8, 4) is 0 Å². The summed E-state index contributed by atoms with van der Waals surface area (Å²) >= 11 is 0. The van der Waals surface area contributed by atoms with Gasteiger partial charge in [0.2, 0.25) is 0 Å². The third-order valence-electron chi connectivity index (χ3n) is 2.50. The summed E-state index contributed by atoms with van der Waals surface area (Å²) in [6.07, 6.45) is 0.394. The summed E-state index contributed by atoms with van der Waals surface area (Å²) in [7, 11) is -1.99. The minimum atomic E-state index is -3.57. The minimum Gasteiger partial charge on any atom is -0.383 e. The molecule has 0 aliphatic rings. The van der Waals surface area contributed by atoms with E-state index in [2.05, 4.69) is 5.32 Å². The summed E-state index contributed by atoms with van der Waals surface area (Å²) < 4.78 is 54.2. The summed E-state index contributed by atoms with van der Waals surface area (Å²) in [6.45, 7) is 1.71. The van der Waals surface area contributed by atoms with Crippen LogP contribution in [0.5, 0.6) is 0 Å². The Morgan fingerprint density at radius 2 is 1.95 bits per heavy atom. The van der Waals surface area contributed by atoms with Gasteiger partial charge in [0.05, 0.1) is 17.3 Å². The lowest BCUT2D eigenvalue weighted by Gasteiger charge is -2.06. The Bertz CT molecular complexity index is 506. The number of hydrogen-bond acceptors (Lipinski definition) is 4. The zero-order valence-corrected chi connectivity index (χ0v) is 11.5. The van der Waals surface area contributed by atoms with Crippen molar-refractivity contribution in [2.45, 2.75) is 11.3 Å². The van der Waals surface area contributed by atoms with E-state index in [9.17, 15) is 17.2 Å². The van der Waals surface area contributed by atoms with Crippen molar-refractivity contribution in [1.29, 1.82) is 0 Å². The van der Waals surface area contributed by atoms with Gasteiger partial charge in [0.25, 0.3) is 0 Å². The van der Waals surface area contributed by atoms with E-state index in [1.165, 1.54) is 0 Å².